The molecule has 0 aliphatic carbocycles. The summed E-state index contributed by atoms with van der Waals surface area (Å²) in [5.74, 6) is 0.865. The van der Waals surface area contributed by atoms with Crippen LogP contribution in [0.25, 0.3) is 0 Å². The first-order chi connectivity index (χ1) is 8.74. The molecule has 108 valence electrons. The van der Waals surface area contributed by atoms with Gasteiger partial charge in [0.05, 0.1) is 12.2 Å². The van der Waals surface area contributed by atoms with E-state index in [9.17, 15) is 0 Å². The molecule has 0 N–H and O–H groups in total. The van der Waals surface area contributed by atoms with Crippen LogP contribution in [-0.4, -0.2) is 12.2 Å². The Morgan fingerprint density at radius 2 is 1.33 bits per heavy atom. The van der Waals surface area contributed by atoms with Gasteiger partial charge in [0, 0.05) is 0 Å². The van der Waals surface area contributed by atoms with Gasteiger partial charge < -0.3 is 4.74 Å². The third-order valence-electron chi connectivity index (χ3n) is 4.05. The second-order valence-corrected chi connectivity index (χ2v) is 6.45. The van der Waals surface area contributed by atoms with Crippen molar-refractivity contribution in [2.45, 2.75) is 104 Å². The molecule has 2 atom stereocenters. The van der Waals surface area contributed by atoms with Crippen molar-refractivity contribution in [1.82, 2.24) is 0 Å². The third kappa shape index (κ3) is 8.13. The van der Waals surface area contributed by atoms with Gasteiger partial charge in [-0.05, 0) is 18.8 Å². The van der Waals surface area contributed by atoms with Crippen molar-refractivity contribution in [2.24, 2.45) is 5.92 Å². The van der Waals surface area contributed by atoms with Gasteiger partial charge >= 0.3 is 0 Å². The van der Waals surface area contributed by atoms with Crippen LogP contribution < -0.4 is 0 Å². The van der Waals surface area contributed by atoms with E-state index in [1.165, 1.54) is 70.6 Å². The summed E-state index contributed by atoms with van der Waals surface area (Å²) in [5.41, 5.74) is 0. The second kappa shape index (κ2) is 9.83. The summed E-state index contributed by atoms with van der Waals surface area (Å²) in [4.78, 5) is 0. The fourth-order valence-corrected chi connectivity index (χ4v) is 2.71. The average molecular weight is 254 g/mol. The number of rotatable bonds is 12. The first-order valence-corrected chi connectivity index (χ1v) is 8.39. The van der Waals surface area contributed by atoms with E-state index in [0.29, 0.717) is 12.2 Å². The van der Waals surface area contributed by atoms with E-state index in [0.717, 1.165) is 5.92 Å². The fourth-order valence-electron chi connectivity index (χ4n) is 2.71. The predicted octanol–water partition coefficient (Wildman–Crippen LogP) is 5.72. The van der Waals surface area contributed by atoms with Gasteiger partial charge in [0.2, 0.25) is 0 Å². The predicted molar refractivity (Wildman–Crippen MR) is 80.0 cm³/mol. The summed E-state index contributed by atoms with van der Waals surface area (Å²) in [6.07, 6.45) is 16.5. The van der Waals surface area contributed by atoms with Crippen molar-refractivity contribution in [2.75, 3.05) is 0 Å². The van der Waals surface area contributed by atoms with Gasteiger partial charge in [-0.2, -0.15) is 0 Å². The maximum Gasteiger partial charge on any atom is 0.0841 e. The van der Waals surface area contributed by atoms with E-state index in [4.69, 9.17) is 4.74 Å². The minimum atomic E-state index is 0.632. The Bertz CT molecular complexity index is 188. The van der Waals surface area contributed by atoms with E-state index < -0.39 is 0 Å². The SMILES string of the molecule is CCCCCCCC[C@@H]1O[C@H]1CCCCC(C)C. The molecule has 1 saturated heterocycles. The highest BCUT2D eigenvalue weighted by molar-refractivity contribution is 4.84. The fraction of sp³-hybridized carbons (Fsp3) is 1.00. The molecular weight excluding hydrogens is 220 g/mol. The number of ether oxygens (including phenoxy) is 1. The molecule has 1 aliphatic heterocycles. The maximum atomic E-state index is 5.75. The van der Waals surface area contributed by atoms with Crippen LogP contribution >= 0.6 is 0 Å². The highest BCUT2D eigenvalue weighted by atomic mass is 16.6. The van der Waals surface area contributed by atoms with Crippen molar-refractivity contribution >= 4 is 0 Å². The first-order valence-electron chi connectivity index (χ1n) is 8.39. The van der Waals surface area contributed by atoms with Crippen molar-refractivity contribution in [3.8, 4) is 0 Å². The molecule has 0 aromatic heterocycles. The Balaban J connectivity index is 1.80. The van der Waals surface area contributed by atoms with Crippen molar-refractivity contribution < 1.29 is 4.74 Å². The average Bonchev–Trinajstić information content (AvgIpc) is 3.08. The van der Waals surface area contributed by atoms with Gasteiger partial charge in [-0.1, -0.05) is 78.6 Å². The van der Waals surface area contributed by atoms with Gasteiger partial charge in [-0.3, -0.25) is 0 Å². The smallest absolute Gasteiger partial charge is 0.0841 e. The Hall–Kier alpha value is -0.0400. The molecule has 1 heterocycles. The largest absolute Gasteiger partial charge is 0.370 e. The highest BCUT2D eigenvalue weighted by Gasteiger charge is 2.36. The molecule has 0 unspecified atom stereocenters. The van der Waals surface area contributed by atoms with E-state index >= 15 is 0 Å². The molecule has 1 nitrogen and oxygen atoms in total. The summed E-state index contributed by atoms with van der Waals surface area (Å²) < 4.78 is 5.75. The van der Waals surface area contributed by atoms with E-state index in [-0.39, 0.29) is 0 Å². The highest BCUT2D eigenvalue weighted by Crippen LogP contribution is 2.31. The number of hydrogen-bond acceptors (Lipinski definition) is 1. The molecule has 0 bridgehead atoms. The summed E-state index contributed by atoms with van der Waals surface area (Å²) in [7, 11) is 0. The minimum absolute atomic E-state index is 0.632. The van der Waals surface area contributed by atoms with Crippen LogP contribution in [0.15, 0.2) is 0 Å². The molecule has 1 rings (SSSR count). The Morgan fingerprint density at radius 3 is 1.94 bits per heavy atom. The topological polar surface area (TPSA) is 12.5 Å². The lowest BCUT2D eigenvalue weighted by molar-refractivity contribution is 0.346. The van der Waals surface area contributed by atoms with Crippen LogP contribution in [0.1, 0.15) is 91.4 Å². The lowest BCUT2D eigenvalue weighted by Gasteiger charge is -2.02. The lowest BCUT2D eigenvalue weighted by atomic mass is 10.0. The zero-order valence-electron chi connectivity index (χ0n) is 12.9. The van der Waals surface area contributed by atoms with E-state index in [2.05, 4.69) is 20.8 Å². The van der Waals surface area contributed by atoms with Crippen LogP contribution in [0.3, 0.4) is 0 Å². The van der Waals surface area contributed by atoms with Crippen molar-refractivity contribution in [3.63, 3.8) is 0 Å². The molecule has 0 amide bonds. The maximum absolute atomic E-state index is 5.75. The first kappa shape index (κ1) is 16.0. The number of epoxide rings is 1. The zero-order chi connectivity index (χ0) is 13.2. The quantitative estimate of drug-likeness (QED) is 0.320. The molecule has 0 saturated carbocycles. The van der Waals surface area contributed by atoms with E-state index in [1.807, 2.05) is 0 Å². The Morgan fingerprint density at radius 1 is 0.778 bits per heavy atom. The summed E-state index contributed by atoms with van der Waals surface area (Å²) in [6.45, 7) is 6.91. The molecule has 0 radical (unpaired) electrons. The molecule has 0 aromatic carbocycles. The summed E-state index contributed by atoms with van der Waals surface area (Å²) in [5, 5.41) is 0. The second-order valence-electron chi connectivity index (χ2n) is 6.45. The van der Waals surface area contributed by atoms with Gasteiger partial charge in [0.1, 0.15) is 0 Å². The molecule has 18 heavy (non-hydrogen) atoms. The van der Waals surface area contributed by atoms with Gasteiger partial charge in [-0.25, -0.2) is 0 Å². The molecule has 1 aliphatic rings. The zero-order valence-corrected chi connectivity index (χ0v) is 12.9. The van der Waals surface area contributed by atoms with Crippen molar-refractivity contribution in [3.05, 3.63) is 0 Å². The van der Waals surface area contributed by atoms with Gasteiger partial charge in [0.25, 0.3) is 0 Å². The van der Waals surface area contributed by atoms with Crippen LogP contribution in [-0.2, 0) is 4.74 Å². The molecular formula is C17H34O. The van der Waals surface area contributed by atoms with Crippen LogP contribution in [0.5, 0.6) is 0 Å². The summed E-state index contributed by atoms with van der Waals surface area (Å²) in [6, 6.07) is 0. The normalized spacial score (nSPS) is 22.7. The number of hydrogen-bond donors (Lipinski definition) is 0. The Kier molecular flexibility index (Phi) is 8.75. The standard InChI is InChI=1S/C17H34O/c1-4-5-6-7-8-9-13-16-17(18-16)14-11-10-12-15(2)3/h15-17H,4-14H2,1-3H3/t16-,17-/m0/s1. The third-order valence-corrected chi connectivity index (χ3v) is 4.05. The lowest BCUT2D eigenvalue weighted by Crippen LogP contribution is -1.95. The minimum Gasteiger partial charge on any atom is -0.370 e. The monoisotopic (exact) mass is 254 g/mol. The molecule has 0 aromatic rings. The molecule has 1 heteroatoms. The van der Waals surface area contributed by atoms with Gasteiger partial charge in [0.15, 0.2) is 0 Å². The number of unbranched alkanes of at least 4 members (excludes halogenated alkanes) is 6. The van der Waals surface area contributed by atoms with Crippen LogP contribution in [0.4, 0.5) is 0 Å². The Labute approximate surface area is 115 Å². The van der Waals surface area contributed by atoms with Crippen molar-refractivity contribution in [1.29, 1.82) is 0 Å². The summed E-state index contributed by atoms with van der Waals surface area (Å²) >= 11 is 0. The van der Waals surface area contributed by atoms with Crippen LogP contribution in [0, 0.1) is 5.92 Å². The molecule has 0 spiro atoms. The molecule has 1 fully saturated rings. The van der Waals surface area contributed by atoms with Crippen LogP contribution in [0.2, 0.25) is 0 Å². The van der Waals surface area contributed by atoms with E-state index in [1.54, 1.807) is 0 Å². The van der Waals surface area contributed by atoms with Gasteiger partial charge in [-0.15, -0.1) is 0 Å².